The molecule has 0 radical (unpaired) electrons. The molecule has 3 rings (SSSR count). The SMILES string of the molecule is O=c1ccc(-c2noc(CC3CCN(CC(F)F)CC3)n2)c[nH]1. The number of H-pyrrole nitrogens is 1. The van der Waals surface area contributed by atoms with Gasteiger partial charge in [-0.3, -0.25) is 9.69 Å². The molecule has 1 aliphatic rings. The predicted molar refractivity (Wildman–Crippen MR) is 79.2 cm³/mol. The van der Waals surface area contributed by atoms with Gasteiger partial charge in [-0.25, -0.2) is 8.78 Å². The lowest BCUT2D eigenvalue weighted by molar-refractivity contribution is 0.0681. The van der Waals surface area contributed by atoms with Crippen molar-refractivity contribution in [1.82, 2.24) is 20.0 Å². The molecular weight excluding hydrogens is 306 g/mol. The topological polar surface area (TPSA) is 75.0 Å². The van der Waals surface area contributed by atoms with Crippen molar-refractivity contribution < 1.29 is 13.3 Å². The number of likely N-dealkylation sites (tertiary alicyclic amines) is 1. The minimum atomic E-state index is -2.28. The van der Waals surface area contributed by atoms with Gasteiger partial charge in [0, 0.05) is 24.2 Å². The van der Waals surface area contributed by atoms with Gasteiger partial charge in [0.25, 0.3) is 6.43 Å². The molecule has 124 valence electrons. The maximum absolute atomic E-state index is 12.4. The molecule has 0 spiro atoms. The summed E-state index contributed by atoms with van der Waals surface area (Å²) in [6.07, 6.45) is 1.62. The Balaban J connectivity index is 1.56. The molecule has 0 atom stereocenters. The zero-order valence-corrected chi connectivity index (χ0v) is 12.5. The van der Waals surface area contributed by atoms with Gasteiger partial charge in [0.15, 0.2) is 0 Å². The Hall–Kier alpha value is -2.09. The van der Waals surface area contributed by atoms with Crippen molar-refractivity contribution in [3.63, 3.8) is 0 Å². The van der Waals surface area contributed by atoms with Crippen LogP contribution in [-0.4, -0.2) is 46.1 Å². The maximum Gasteiger partial charge on any atom is 0.251 e. The van der Waals surface area contributed by atoms with Crippen LogP contribution in [0.4, 0.5) is 8.78 Å². The first kappa shape index (κ1) is 15.8. The molecule has 2 aromatic heterocycles. The van der Waals surface area contributed by atoms with Crippen LogP contribution in [0.5, 0.6) is 0 Å². The number of nitrogens with one attached hydrogen (secondary N) is 1. The molecule has 3 heterocycles. The van der Waals surface area contributed by atoms with Crippen LogP contribution in [0.15, 0.2) is 27.6 Å². The van der Waals surface area contributed by atoms with Gasteiger partial charge >= 0.3 is 0 Å². The van der Waals surface area contributed by atoms with Crippen molar-refractivity contribution in [3.8, 4) is 11.4 Å². The van der Waals surface area contributed by atoms with E-state index in [0.29, 0.717) is 42.7 Å². The fraction of sp³-hybridized carbons (Fsp3) is 0.533. The number of nitrogens with zero attached hydrogens (tertiary/aromatic N) is 3. The van der Waals surface area contributed by atoms with E-state index >= 15 is 0 Å². The Morgan fingerprint density at radius 3 is 2.78 bits per heavy atom. The highest BCUT2D eigenvalue weighted by Crippen LogP contribution is 2.22. The van der Waals surface area contributed by atoms with Crippen LogP contribution in [0.1, 0.15) is 18.7 Å². The van der Waals surface area contributed by atoms with E-state index in [9.17, 15) is 13.6 Å². The second-order valence-electron chi connectivity index (χ2n) is 5.79. The Morgan fingerprint density at radius 2 is 2.13 bits per heavy atom. The summed E-state index contributed by atoms with van der Waals surface area (Å²) in [7, 11) is 0. The number of piperidine rings is 1. The summed E-state index contributed by atoms with van der Waals surface area (Å²) in [5.74, 6) is 1.35. The van der Waals surface area contributed by atoms with Crippen molar-refractivity contribution in [2.24, 2.45) is 5.92 Å². The molecule has 1 N–H and O–H groups in total. The number of pyridine rings is 1. The quantitative estimate of drug-likeness (QED) is 0.910. The molecule has 6 nitrogen and oxygen atoms in total. The number of hydrogen-bond donors (Lipinski definition) is 1. The highest BCUT2D eigenvalue weighted by atomic mass is 19.3. The number of rotatable bonds is 5. The predicted octanol–water partition coefficient (Wildman–Crippen LogP) is 1.94. The summed E-state index contributed by atoms with van der Waals surface area (Å²) < 4.78 is 30.0. The van der Waals surface area contributed by atoms with Crippen molar-refractivity contribution in [3.05, 3.63) is 34.6 Å². The monoisotopic (exact) mass is 324 g/mol. The third-order valence-corrected chi connectivity index (χ3v) is 4.08. The minimum Gasteiger partial charge on any atom is -0.339 e. The molecule has 23 heavy (non-hydrogen) atoms. The van der Waals surface area contributed by atoms with E-state index in [1.165, 1.54) is 6.07 Å². The molecule has 0 aliphatic carbocycles. The van der Waals surface area contributed by atoms with E-state index in [0.717, 1.165) is 12.8 Å². The lowest BCUT2D eigenvalue weighted by Gasteiger charge is -2.30. The Bertz CT molecular complexity index is 672. The van der Waals surface area contributed by atoms with Gasteiger partial charge in [-0.05, 0) is 37.9 Å². The summed E-state index contributed by atoms with van der Waals surface area (Å²) in [4.78, 5) is 19.7. The molecule has 2 aromatic rings. The molecule has 0 aromatic carbocycles. The van der Waals surface area contributed by atoms with E-state index in [-0.39, 0.29) is 12.1 Å². The van der Waals surface area contributed by atoms with E-state index in [1.54, 1.807) is 17.2 Å². The van der Waals surface area contributed by atoms with Gasteiger partial charge in [-0.2, -0.15) is 4.98 Å². The minimum absolute atomic E-state index is 0.149. The van der Waals surface area contributed by atoms with Gasteiger partial charge in [0.05, 0.1) is 6.54 Å². The van der Waals surface area contributed by atoms with Crippen LogP contribution >= 0.6 is 0 Å². The number of halogens is 2. The first-order valence-electron chi connectivity index (χ1n) is 7.62. The number of aromatic amines is 1. The molecular formula is C15H18F2N4O2. The van der Waals surface area contributed by atoms with Gasteiger partial charge in [0.2, 0.25) is 17.3 Å². The van der Waals surface area contributed by atoms with E-state index in [1.807, 2.05) is 0 Å². The molecule has 8 heteroatoms. The normalized spacial score (nSPS) is 17.0. The van der Waals surface area contributed by atoms with Gasteiger partial charge in [-0.1, -0.05) is 5.16 Å². The van der Waals surface area contributed by atoms with Crippen LogP contribution in [0.2, 0.25) is 0 Å². The standard InChI is InChI=1S/C15H18F2N4O2/c16-12(17)9-21-5-3-10(4-6-21)7-14-19-15(20-23-14)11-1-2-13(22)18-8-11/h1-2,8,10,12H,3-7,9H2,(H,18,22). The highest BCUT2D eigenvalue weighted by Gasteiger charge is 2.23. The maximum atomic E-state index is 12.4. The first-order chi connectivity index (χ1) is 11.1. The fourth-order valence-electron chi connectivity index (χ4n) is 2.82. The number of hydrogen-bond acceptors (Lipinski definition) is 5. The molecule has 0 bridgehead atoms. The Labute approximate surface area is 131 Å². The highest BCUT2D eigenvalue weighted by molar-refractivity contribution is 5.51. The van der Waals surface area contributed by atoms with E-state index < -0.39 is 6.43 Å². The lowest BCUT2D eigenvalue weighted by Crippen LogP contribution is -2.37. The average Bonchev–Trinajstić information content (AvgIpc) is 2.98. The van der Waals surface area contributed by atoms with Crippen molar-refractivity contribution in [2.45, 2.75) is 25.7 Å². The molecule has 0 saturated carbocycles. The summed E-state index contributed by atoms with van der Waals surface area (Å²) in [5.41, 5.74) is 0.499. The van der Waals surface area contributed by atoms with Crippen molar-refractivity contribution in [2.75, 3.05) is 19.6 Å². The van der Waals surface area contributed by atoms with Crippen LogP contribution in [-0.2, 0) is 6.42 Å². The average molecular weight is 324 g/mol. The number of aromatic nitrogens is 3. The van der Waals surface area contributed by atoms with Crippen LogP contribution in [0.25, 0.3) is 11.4 Å². The summed E-state index contributed by atoms with van der Waals surface area (Å²) >= 11 is 0. The van der Waals surface area contributed by atoms with Crippen molar-refractivity contribution in [1.29, 1.82) is 0 Å². The van der Waals surface area contributed by atoms with Gasteiger partial charge in [-0.15, -0.1) is 0 Å². The van der Waals surface area contributed by atoms with Crippen molar-refractivity contribution >= 4 is 0 Å². The Morgan fingerprint density at radius 1 is 1.35 bits per heavy atom. The largest absolute Gasteiger partial charge is 0.339 e. The smallest absolute Gasteiger partial charge is 0.251 e. The molecule has 0 amide bonds. The zero-order chi connectivity index (χ0) is 16.2. The summed E-state index contributed by atoms with van der Waals surface area (Å²) in [6.45, 7) is 1.20. The molecule has 1 fully saturated rings. The Kier molecular flexibility index (Phi) is 4.80. The van der Waals surface area contributed by atoms with E-state index in [4.69, 9.17) is 4.52 Å². The summed E-state index contributed by atoms with van der Waals surface area (Å²) in [6, 6.07) is 3.04. The second kappa shape index (κ2) is 6.99. The van der Waals surface area contributed by atoms with Crippen LogP contribution in [0, 0.1) is 5.92 Å². The zero-order valence-electron chi connectivity index (χ0n) is 12.5. The third kappa shape index (κ3) is 4.22. The first-order valence-corrected chi connectivity index (χ1v) is 7.62. The van der Waals surface area contributed by atoms with E-state index in [2.05, 4.69) is 15.1 Å². The third-order valence-electron chi connectivity index (χ3n) is 4.08. The molecule has 0 unspecified atom stereocenters. The number of alkyl halides is 2. The summed E-state index contributed by atoms with van der Waals surface area (Å²) in [5, 5.41) is 3.92. The fourth-order valence-corrected chi connectivity index (χ4v) is 2.82. The molecule has 1 saturated heterocycles. The molecule has 1 aliphatic heterocycles. The lowest BCUT2D eigenvalue weighted by atomic mass is 9.93. The van der Waals surface area contributed by atoms with Crippen LogP contribution in [0.3, 0.4) is 0 Å². The van der Waals surface area contributed by atoms with Gasteiger partial charge < -0.3 is 9.51 Å². The van der Waals surface area contributed by atoms with Crippen LogP contribution < -0.4 is 5.56 Å². The second-order valence-corrected chi connectivity index (χ2v) is 5.79. The van der Waals surface area contributed by atoms with Gasteiger partial charge in [0.1, 0.15) is 0 Å².